The van der Waals surface area contributed by atoms with Crippen molar-refractivity contribution in [3.8, 4) is 11.1 Å². The van der Waals surface area contributed by atoms with Crippen LogP contribution in [-0.4, -0.2) is 5.78 Å². The fourth-order valence-corrected chi connectivity index (χ4v) is 2.52. The maximum absolute atomic E-state index is 12.1. The van der Waals surface area contributed by atoms with Crippen molar-refractivity contribution < 1.29 is 4.79 Å². The third-order valence-electron chi connectivity index (χ3n) is 3.55. The Morgan fingerprint density at radius 3 is 2.17 bits per heavy atom. The SMILES string of the molecule is O=C(/C=C/c1ccc(-c2ccccc2)cc1)c1cccc(Cl)c1. The van der Waals surface area contributed by atoms with Gasteiger partial charge in [0.25, 0.3) is 0 Å². The van der Waals surface area contributed by atoms with Crippen LogP contribution in [0.25, 0.3) is 17.2 Å². The van der Waals surface area contributed by atoms with E-state index in [0.29, 0.717) is 10.6 Å². The lowest BCUT2D eigenvalue weighted by Gasteiger charge is -2.02. The summed E-state index contributed by atoms with van der Waals surface area (Å²) in [6, 6.07) is 25.3. The van der Waals surface area contributed by atoms with E-state index in [1.165, 1.54) is 5.56 Å². The van der Waals surface area contributed by atoms with Gasteiger partial charge in [0, 0.05) is 10.6 Å². The molecule has 0 saturated carbocycles. The Morgan fingerprint density at radius 1 is 0.783 bits per heavy atom. The van der Waals surface area contributed by atoms with Gasteiger partial charge in [-0.25, -0.2) is 0 Å². The van der Waals surface area contributed by atoms with Crippen LogP contribution in [0.4, 0.5) is 0 Å². The molecule has 2 heteroatoms. The monoisotopic (exact) mass is 318 g/mol. The Morgan fingerprint density at radius 2 is 1.48 bits per heavy atom. The van der Waals surface area contributed by atoms with E-state index in [4.69, 9.17) is 11.6 Å². The molecule has 1 nitrogen and oxygen atoms in total. The maximum Gasteiger partial charge on any atom is 0.185 e. The lowest BCUT2D eigenvalue weighted by molar-refractivity contribution is 0.104. The van der Waals surface area contributed by atoms with Gasteiger partial charge < -0.3 is 0 Å². The molecular weight excluding hydrogens is 304 g/mol. The first-order chi connectivity index (χ1) is 11.2. The van der Waals surface area contributed by atoms with Gasteiger partial charge in [-0.05, 0) is 34.9 Å². The lowest BCUT2D eigenvalue weighted by Crippen LogP contribution is -1.93. The molecule has 0 saturated heterocycles. The van der Waals surface area contributed by atoms with Gasteiger partial charge in [0.2, 0.25) is 0 Å². The first-order valence-corrected chi connectivity index (χ1v) is 7.74. The average molecular weight is 319 g/mol. The van der Waals surface area contributed by atoms with Crippen molar-refractivity contribution in [1.82, 2.24) is 0 Å². The van der Waals surface area contributed by atoms with E-state index in [1.54, 1.807) is 30.3 Å². The topological polar surface area (TPSA) is 17.1 Å². The second-order valence-electron chi connectivity index (χ2n) is 5.20. The Balaban J connectivity index is 1.74. The molecule has 0 bridgehead atoms. The number of hydrogen-bond donors (Lipinski definition) is 0. The predicted octanol–water partition coefficient (Wildman–Crippen LogP) is 5.90. The quantitative estimate of drug-likeness (QED) is 0.432. The second kappa shape index (κ2) is 7.08. The molecular formula is C21H15ClO. The van der Waals surface area contributed by atoms with Crippen LogP contribution in [0.1, 0.15) is 15.9 Å². The maximum atomic E-state index is 12.1. The highest BCUT2D eigenvalue weighted by atomic mass is 35.5. The smallest absolute Gasteiger partial charge is 0.185 e. The lowest BCUT2D eigenvalue weighted by atomic mass is 10.0. The van der Waals surface area contributed by atoms with Crippen molar-refractivity contribution in [3.63, 3.8) is 0 Å². The molecule has 0 aromatic heterocycles. The zero-order valence-electron chi connectivity index (χ0n) is 12.4. The van der Waals surface area contributed by atoms with Crippen LogP contribution in [0, 0.1) is 0 Å². The third-order valence-corrected chi connectivity index (χ3v) is 3.79. The number of halogens is 1. The van der Waals surface area contributed by atoms with E-state index < -0.39 is 0 Å². The van der Waals surface area contributed by atoms with Gasteiger partial charge in [-0.15, -0.1) is 0 Å². The van der Waals surface area contributed by atoms with Gasteiger partial charge in [0.1, 0.15) is 0 Å². The summed E-state index contributed by atoms with van der Waals surface area (Å²) in [6.45, 7) is 0. The van der Waals surface area contributed by atoms with Crippen LogP contribution in [0.2, 0.25) is 5.02 Å². The Kier molecular flexibility index (Phi) is 4.70. The Labute approximate surface area is 140 Å². The van der Waals surface area contributed by atoms with Crippen LogP contribution in [0.15, 0.2) is 84.9 Å². The Hall–Kier alpha value is -2.64. The van der Waals surface area contributed by atoms with E-state index in [9.17, 15) is 4.79 Å². The van der Waals surface area contributed by atoms with Crippen LogP contribution in [0.3, 0.4) is 0 Å². The minimum absolute atomic E-state index is 0.0559. The molecule has 23 heavy (non-hydrogen) atoms. The standard InChI is InChI=1S/C21H15ClO/c22-20-8-4-7-19(15-20)21(23)14-11-16-9-12-18(13-10-16)17-5-2-1-3-6-17/h1-15H/b14-11+. The minimum atomic E-state index is -0.0559. The summed E-state index contributed by atoms with van der Waals surface area (Å²) in [5.74, 6) is -0.0559. The minimum Gasteiger partial charge on any atom is -0.289 e. The summed E-state index contributed by atoms with van der Waals surface area (Å²) in [4.78, 5) is 12.1. The van der Waals surface area contributed by atoms with Crippen molar-refractivity contribution in [2.75, 3.05) is 0 Å². The van der Waals surface area contributed by atoms with Crippen LogP contribution >= 0.6 is 11.6 Å². The summed E-state index contributed by atoms with van der Waals surface area (Å²) in [6.07, 6.45) is 3.39. The van der Waals surface area contributed by atoms with Gasteiger partial charge in [-0.2, -0.15) is 0 Å². The molecule has 3 aromatic carbocycles. The number of carbonyl (C=O) groups is 1. The number of rotatable bonds is 4. The van der Waals surface area contributed by atoms with Crippen molar-refractivity contribution in [2.45, 2.75) is 0 Å². The summed E-state index contributed by atoms with van der Waals surface area (Å²) in [5.41, 5.74) is 3.91. The first-order valence-electron chi connectivity index (χ1n) is 7.36. The fourth-order valence-electron chi connectivity index (χ4n) is 2.33. The van der Waals surface area contributed by atoms with Crippen molar-refractivity contribution in [2.24, 2.45) is 0 Å². The molecule has 112 valence electrons. The number of benzene rings is 3. The van der Waals surface area contributed by atoms with Crippen LogP contribution in [0.5, 0.6) is 0 Å². The van der Waals surface area contributed by atoms with E-state index in [1.807, 2.05) is 36.4 Å². The molecule has 0 fully saturated rings. The molecule has 0 aliphatic heterocycles. The highest BCUT2D eigenvalue weighted by Gasteiger charge is 2.02. The second-order valence-corrected chi connectivity index (χ2v) is 5.63. The normalized spacial score (nSPS) is 10.8. The summed E-state index contributed by atoms with van der Waals surface area (Å²) in [5, 5.41) is 0.566. The number of ketones is 1. The predicted molar refractivity (Wildman–Crippen MR) is 96.7 cm³/mol. The molecule has 0 aliphatic rings. The van der Waals surface area contributed by atoms with E-state index in [0.717, 1.165) is 11.1 Å². The fraction of sp³-hybridized carbons (Fsp3) is 0. The molecule has 0 N–H and O–H groups in total. The first kappa shape index (κ1) is 15.3. The van der Waals surface area contributed by atoms with Crippen LogP contribution in [-0.2, 0) is 0 Å². The molecule has 0 heterocycles. The zero-order valence-corrected chi connectivity index (χ0v) is 13.2. The number of carbonyl (C=O) groups excluding carboxylic acids is 1. The number of hydrogen-bond acceptors (Lipinski definition) is 1. The molecule has 3 rings (SSSR count). The summed E-state index contributed by atoms with van der Waals surface area (Å²) < 4.78 is 0. The molecule has 0 amide bonds. The molecule has 0 unspecified atom stereocenters. The van der Waals surface area contributed by atoms with Gasteiger partial charge in [-0.3, -0.25) is 4.79 Å². The zero-order chi connectivity index (χ0) is 16.1. The Bertz CT molecular complexity index is 833. The van der Waals surface area contributed by atoms with Gasteiger partial charge in [-0.1, -0.05) is 84.4 Å². The molecule has 3 aromatic rings. The molecule has 0 atom stereocenters. The van der Waals surface area contributed by atoms with E-state index in [-0.39, 0.29) is 5.78 Å². The van der Waals surface area contributed by atoms with Crippen molar-refractivity contribution in [3.05, 3.63) is 101 Å². The largest absolute Gasteiger partial charge is 0.289 e. The van der Waals surface area contributed by atoms with Gasteiger partial charge >= 0.3 is 0 Å². The van der Waals surface area contributed by atoms with E-state index >= 15 is 0 Å². The summed E-state index contributed by atoms with van der Waals surface area (Å²) in [7, 11) is 0. The van der Waals surface area contributed by atoms with Crippen LogP contribution < -0.4 is 0 Å². The third kappa shape index (κ3) is 3.97. The summed E-state index contributed by atoms with van der Waals surface area (Å²) >= 11 is 5.91. The molecule has 0 aliphatic carbocycles. The molecule has 0 radical (unpaired) electrons. The van der Waals surface area contributed by atoms with E-state index in [2.05, 4.69) is 24.3 Å². The molecule has 0 spiro atoms. The van der Waals surface area contributed by atoms with Gasteiger partial charge in [0.15, 0.2) is 5.78 Å². The highest BCUT2D eigenvalue weighted by Crippen LogP contribution is 2.20. The van der Waals surface area contributed by atoms with Crippen molar-refractivity contribution in [1.29, 1.82) is 0 Å². The van der Waals surface area contributed by atoms with Gasteiger partial charge in [0.05, 0.1) is 0 Å². The highest BCUT2D eigenvalue weighted by molar-refractivity contribution is 6.31. The number of allylic oxidation sites excluding steroid dienone is 1. The average Bonchev–Trinajstić information content (AvgIpc) is 2.61. The van der Waals surface area contributed by atoms with Crippen molar-refractivity contribution >= 4 is 23.5 Å².